The summed E-state index contributed by atoms with van der Waals surface area (Å²) in [6.07, 6.45) is 1.87. The van der Waals surface area contributed by atoms with Gasteiger partial charge in [0.25, 0.3) is 0 Å². The molecule has 0 aliphatic rings. The summed E-state index contributed by atoms with van der Waals surface area (Å²) < 4.78 is 5.38. The van der Waals surface area contributed by atoms with Gasteiger partial charge in [-0.25, -0.2) is 4.98 Å². The Labute approximate surface area is 105 Å². The van der Waals surface area contributed by atoms with Gasteiger partial charge in [0, 0.05) is 17.1 Å². The van der Waals surface area contributed by atoms with Crippen molar-refractivity contribution >= 4 is 11.0 Å². The third-order valence-electron chi connectivity index (χ3n) is 3.00. The van der Waals surface area contributed by atoms with Crippen LogP contribution in [-0.2, 0) is 0 Å². The molecule has 0 aliphatic carbocycles. The van der Waals surface area contributed by atoms with Crippen LogP contribution in [0.25, 0.3) is 22.3 Å². The van der Waals surface area contributed by atoms with Crippen molar-refractivity contribution in [2.24, 2.45) is 0 Å². The van der Waals surface area contributed by atoms with Crippen molar-refractivity contribution in [1.82, 2.24) is 9.97 Å². The van der Waals surface area contributed by atoms with Gasteiger partial charge in [-0.1, -0.05) is 12.1 Å². The number of nitrogens with one attached hydrogen (secondary N) is 1. The summed E-state index contributed by atoms with van der Waals surface area (Å²) in [5.41, 5.74) is 4.14. The van der Waals surface area contributed by atoms with Crippen molar-refractivity contribution in [1.29, 1.82) is 0 Å². The third-order valence-corrected chi connectivity index (χ3v) is 3.00. The van der Waals surface area contributed by atoms with Gasteiger partial charge in [-0.15, -0.1) is 0 Å². The van der Waals surface area contributed by atoms with E-state index in [0.717, 1.165) is 33.6 Å². The molecule has 0 fully saturated rings. The van der Waals surface area contributed by atoms with Gasteiger partial charge in [0.1, 0.15) is 11.4 Å². The molecule has 0 saturated carbocycles. The van der Waals surface area contributed by atoms with Crippen molar-refractivity contribution in [3.8, 4) is 17.0 Å². The van der Waals surface area contributed by atoms with Gasteiger partial charge >= 0.3 is 0 Å². The molecule has 90 valence electrons. The second kappa shape index (κ2) is 4.18. The lowest BCUT2D eigenvalue weighted by atomic mass is 10.1. The SMILES string of the molecule is COc1ccccc1-c1cc2cc(C)cnc2[nH]1. The predicted molar refractivity (Wildman–Crippen MR) is 72.8 cm³/mol. The molecule has 2 aromatic heterocycles. The Morgan fingerprint density at radius 3 is 2.83 bits per heavy atom. The fraction of sp³-hybridized carbons (Fsp3) is 0.133. The highest BCUT2D eigenvalue weighted by atomic mass is 16.5. The van der Waals surface area contributed by atoms with Crippen molar-refractivity contribution in [2.75, 3.05) is 7.11 Å². The average molecular weight is 238 g/mol. The topological polar surface area (TPSA) is 37.9 Å². The smallest absolute Gasteiger partial charge is 0.137 e. The summed E-state index contributed by atoms with van der Waals surface area (Å²) in [4.78, 5) is 7.71. The minimum atomic E-state index is 0.862. The van der Waals surface area contributed by atoms with Crippen molar-refractivity contribution in [3.63, 3.8) is 0 Å². The number of aryl methyl sites for hydroxylation is 1. The molecule has 3 aromatic rings. The maximum absolute atomic E-state index is 5.38. The molecule has 3 rings (SSSR count). The Morgan fingerprint density at radius 2 is 2.00 bits per heavy atom. The van der Waals surface area contributed by atoms with Gasteiger partial charge in [-0.05, 0) is 36.8 Å². The number of aromatic nitrogens is 2. The molecule has 1 aromatic carbocycles. The number of fused-ring (bicyclic) bond motifs is 1. The number of hydrogen-bond acceptors (Lipinski definition) is 2. The molecule has 0 radical (unpaired) electrons. The van der Waals surface area contributed by atoms with Crippen LogP contribution in [0.5, 0.6) is 5.75 Å². The number of hydrogen-bond donors (Lipinski definition) is 1. The van der Waals surface area contributed by atoms with Crippen LogP contribution < -0.4 is 4.74 Å². The molecule has 0 atom stereocenters. The first kappa shape index (κ1) is 10.8. The highest BCUT2D eigenvalue weighted by Crippen LogP contribution is 2.30. The Hall–Kier alpha value is -2.29. The highest BCUT2D eigenvalue weighted by molar-refractivity contribution is 5.84. The van der Waals surface area contributed by atoms with Crippen LogP contribution in [0.4, 0.5) is 0 Å². The van der Waals surface area contributed by atoms with Gasteiger partial charge in [-0.2, -0.15) is 0 Å². The number of ether oxygens (including phenoxy) is 1. The van der Waals surface area contributed by atoms with Crippen molar-refractivity contribution in [2.45, 2.75) is 6.92 Å². The standard InChI is InChI=1S/C15H14N2O/c1-10-7-11-8-13(17-15(11)16-9-10)12-5-3-4-6-14(12)18-2/h3-9H,1-2H3,(H,16,17). The minimum Gasteiger partial charge on any atom is -0.496 e. The van der Waals surface area contributed by atoms with Gasteiger partial charge in [-0.3, -0.25) is 0 Å². The van der Waals surface area contributed by atoms with E-state index in [-0.39, 0.29) is 0 Å². The number of rotatable bonds is 2. The van der Waals surface area contributed by atoms with E-state index in [1.165, 1.54) is 0 Å². The molecule has 3 nitrogen and oxygen atoms in total. The van der Waals surface area contributed by atoms with Gasteiger partial charge in [0.05, 0.1) is 12.8 Å². The summed E-state index contributed by atoms with van der Waals surface area (Å²) in [5, 5.41) is 1.12. The van der Waals surface area contributed by atoms with Crippen LogP contribution in [0.3, 0.4) is 0 Å². The molecule has 0 bridgehead atoms. The number of aromatic amines is 1. The van der Waals surface area contributed by atoms with E-state index in [1.807, 2.05) is 37.4 Å². The number of para-hydroxylation sites is 1. The van der Waals surface area contributed by atoms with Crippen LogP contribution in [0.15, 0.2) is 42.6 Å². The van der Waals surface area contributed by atoms with Crippen LogP contribution in [0, 0.1) is 6.92 Å². The first-order valence-electron chi connectivity index (χ1n) is 5.86. The summed E-state index contributed by atoms with van der Waals surface area (Å²) in [6, 6.07) is 12.2. The molecule has 0 spiro atoms. The maximum atomic E-state index is 5.38. The van der Waals surface area contributed by atoms with Crippen LogP contribution in [-0.4, -0.2) is 17.1 Å². The molecular weight excluding hydrogens is 224 g/mol. The normalized spacial score (nSPS) is 10.8. The quantitative estimate of drug-likeness (QED) is 0.741. The zero-order valence-electron chi connectivity index (χ0n) is 10.4. The number of benzene rings is 1. The van der Waals surface area contributed by atoms with E-state index in [0.29, 0.717) is 0 Å². The Kier molecular flexibility index (Phi) is 2.52. The Bertz CT molecular complexity index is 701. The molecule has 0 aliphatic heterocycles. The number of H-pyrrole nitrogens is 1. The number of pyridine rings is 1. The first-order chi connectivity index (χ1) is 8.78. The van der Waals surface area contributed by atoms with E-state index in [2.05, 4.69) is 22.1 Å². The molecule has 1 N–H and O–H groups in total. The second-order valence-electron chi connectivity index (χ2n) is 4.33. The van der Waals surface area contributed by atoms with Gasteiger partial charge in [0.2, 0.25) is 0 Å². The largest absolute Gasteiger partial charge is 0.496 e. The fourth-order valence-corrected chi connectivity index (χ4v) is 2.14. The summed E-state index contributed by atoms with van der Waals surface area (Å²) >= 11 is 0. The van der Waals surface area contributed by atoms with E-state index in [4.69, 9.17) is 4.74 Å². The molecule has 0 unspecified atom stereocenters. The summed E-state index contributed by atoms with van der Waals surface area (Å²) in [7, 11) is 1.68. The molecular formula is C15H14N2O. The van der Waals surface area contributed by atoms with Crippen molar-refractivity contribution < 1.29 is 4.74 Å². The Morgan fingerprint density at radius 1 is 1.17 bits per heavy atom. The predicted octanol–water partition coefficient (Wildman–Crippen LogP) is 3.55. The minimum absolute atomic E-state index is 0.862. The van der Waals surface area contributed by atoms with Crippen LogP contribution >= 0.6 is 0 Å². The zero-order valence-corrected chi connectivity index (χ0v) is 10.4. The third kappa shape index (κ3) is 1.74. The molecule has 3 heteroatoms. The lowest BCUT2D eigenvalue weighted by molar-refractivity contribution is 0.416. The van der Waals surface area contributed by atoms with Crippen LogP contribution in [0.1, 0.15) is 5.56 Å². The zero-order chi connectivity index (χ0) is 12.5. The second-order valence-corrected chi connectivity index (χ2v) is 4.33. The fourth-order valence-electron chi connectivity index (χ4n) is 2.14. The van der Waals surface area contributed by atoms with Gasteiger partial charge < -0.3 is 9.72 Å². The lowest BCUT2D eigenvalue weighted by Crippen LogP contribution is -1.87. The number of nitrogens with zero attached hydrogens (tertiary/aromatic N) is 1. The van der Waals surface area contributed by atoms with E-state index in [9.17, 15) is 0 Å². The monoisotopic (exact) mass is 238 g/mol. The molecule has 0 amide bonds. The molecule has 2 heterocycles. The average Bonchev–Trinajstić information content (AvgIpc) is 2.81. The van der Waals surface area contributed by atoms with E-state index >= 15 is 0 Å². The Balaban J connectivity index is 2.19. The van der Waals surface area contributed by atoms with E-state index in [1.54, 1.807) is 7.11 Å². The molecule has 0 saturated heterocycles. The van der Waals surface area contributed by atoms with Crippen molar-refractivity contribution in [3.05, 3.63) is 48.2 Å². The summed E-state index contributed by atoms with van der Waals surface area (Å²) in [6.45, 7) is 2.04. The molecule has 18 heavy (non-hydrogen) atoms. The summed E-state index contributed by atoms with van der Waals surface area (Å²) in [5.74, 6) is 0.862. The van der Waals surface area contributed by atoms with E-state index < -0.39 is 0 Å². The maximum Gasteiger partial charge on any atom is 0.137 e. The highest BCUT2D eigenvalue weighted by Gasteiger charge is 2.08. The lowest BCUT2D eigenvalue weighted by Gasteiger charge is -2.05. The van der Waals surface area contributed by atoms with Crippen LogP contribution in [0.2, 0.25) is 0 Å². The first-order valence-corrected chi connectivity index (χ1v) is 5.86. The number of methoxy groups -OCH3 is 1. The van der Waals surface area contributed by atoms with Gasteiger partial charge in [0.15, 0.2) is 0 Å².